The van der Waals surface area contributed by atoms with E-state index in [4.69, 9.17) is 9.47 Å². The molecule has 1 amide bonds. The molecule has 2 aromatic carbocycles. The molecule has 8 nitrogen and oxygen atoms in total. The Bertz CT molecular complexity index is 1060. The van der Waals surface area contributed by atoms with Crippen LogP contribution in [0.3, 0.4) is 0 Å². The van der Waals surface area contributed by atoms with E-state index in [-0.39, 0.29) is 23.8 Å². The second kappa shape index (κ2) is 10.4. The number of hydrogen-bond acceptors (Lipinski definition) is 6. The van der Waals surface area contributed by atoms with Crippen LogP contribution in [-0.2, 0) is 26.0 Å². The second-order valence-corrected chi connectivity index (χ2v) is 9.21. The number of anilines is 1. The molecule has 0 fully saturated rings. The number of esters is 1. The lowest BCUT2D eigenvalue weighted by Gasteiger charge is -2.15. The predicted molar refractivity (Wildman–Crippen MR) is 118 cm³/mol. The van der Waals surface area contributed by atoms with Gasteiger partial charge in [-0.3, -0.25) is 4.79 Å². The van der Waals surface area contributed by atoms with E-state index in [0.29, 0.717) is 29.0 Å². The molecule has 0 bridgehead atoms. The normalized spacial score (nSPS) is 11.3. The van der Waals surface area contributed by atoms with Gasteiger partial charge in [-0.25, -0.2) is 17.5 Å². The van der Waals surface area contributed by atoms with Gasteiger partial charge >= 0.3 is 5.97 Å². The zero-order chi connectivity index (χ0) is 23.2. The summed E-state index contributed by atoms with van der Waals surface area (Å²) in [6.45, 7) is 3.81. The van der Waals surface area contributed by atoms with Gasteiger partial charge in [0.2, 0.25) is 15.9 Å². The van der Waals surface area contributed by atoms with Gasteiger partial charge in [-0.1, -0.05) is 0 Å². The lowest BCUT2D eigenvalue weighted by Crippen LogP contribution is -2.22. The summed E-state index contributed by atoms with van der Waals surface area (Å²) in [6, 6.07) is 9.50. The van der Waals surface area contributed by atoms with Crippen LogP contribution in [0, 0.1) is 6.92 Å². The fraction of sp³-hybridized carbons (Fsp3) is 0.364. The van der Waals surface area contributed by atoms with Crippen molar-refractivity contribution >= 4 is 27.6 Å². The third-order valence-electron chi connectivity index (χ3n) is 4.66. The number of ether oxygens (including phenoxy) is 2. The van der Waals surface area contributed by atoms with Crippen LogP contribution in [0.4, 0.5) is 5.69 Å². The smallest absolute Gasteiger partial charge is 0.338 e. The molecular formula is C22H28N2O6S. The standard InChI is InChI=1S/C22H28N2O6S/c1-6-30-22(26)17-7-10-19(15(2)13-17)23-21(25)12-8-16-14-18(9-11-20(16)29-5)31(27,28)24(3)4/h7,9-11,13-14H,6,8,12H2,1-5H3,(H,23,25). The number of nitrogens with zero attached hydrogens (tertiary/aromatic N) is 1. The summed E-state index contributed by atoms with van der Waals surface area (Å²) in [5.41, 5.74) is 2.36. The van der Waals surface area contributed by atoms with E-state index in [1.807, 2.05) is 0 Å². The molecule has 0 saturated carbocycles. The minimum Gasteiger partial charge on any atom is -0.496 e. The summed E-state index contributed by atoms with van der Waals surface area (Å²) in [5, 5.41) is 2.82. The highest BCUT2D eigenvalue weighted by molar-refractivity contribution is 7.89. The minimum absolute atomic E-state index is 0.126. The van der Waals surface area contributed by atoms with Gasteiger partial charge < -0.3 is 14.8 Å². The number of carbonyl (C=O) groups is 2. The highest BCUT2D eigenvalue weighted by Gasteiger charge is 2.19. The maximum Gasteiger partial charge on any atom is 0.338 e. The van der Waals surface area contributed by atoms with Gasteiger partial charge in [0, 0.05) is 26.2 Å². The molecule has 0 radical (unpaired) electrons. The molecular weight excluding hydrogens is 420 g/mol. The van der Waals surface area contributed by atoms with E-state index >= 15 is 0 Å². The summed E-state index contributed by atoms with van der Waals surface area (Å²) in [5.74, 6) is -0.140. The first kappa shape index (κ1) is 24.4. The van der Waals surface area contributed by atoms with E-state index in [9.17, 15) is 18.0 Å². The summed E-state index contributed by atoms with van der Waals surface area (Å²) in [4.78, 5) is 24.4. The Kier molecular flexibility index (Phi) is 8.18. The maximum absolute atomic E-state index is 12.5. The Morgan fingerprint density at radius 2 is 1.81 bits per heavy atom. The van der Waals surface area contributed by atoms with Crippen molar-refractivity contribution in [2.45, 2.75) is 31.6 Å². The molecule has 0 heterocycles. The van der Waals surface area contributed by atoms with Gasteiger partial charge in [-0.15, -0.1) is 0 Å². The monoisotopic (exact) mass is 448 g/mol. The van der Waals surface area contributed by atoms with Crippen LogP contribution in [0.25, 0.3) is 0 Å². The molecule has 1 N–H and O–H groups in total. The first-order chi connectivity index (χ1) is 14.6. The zero-order valence-corrected chi connectivity index (χ0v) is 19.2. The summed E-state index contributed by atoms with van der Waals surface area (Å²) < 4.78 is 36.2. The van der Waals surface area contributed by atoms with Crippen LogP contribution in [0.2, 0.25) is 0 Å². The van der Waals surface area contributed by atoms with E-state index in [2.05, 4.69) is 5.32 Å². The number of rotatable bonds is 9. The third-order valence-corrected chi connectivity index (χ3v) is 6.47. The summed E-state index contributed by atoms with van der Waals surface area (Å²) >= 11 is 0. The molecule has 31 heavy (non-hydrogen) atoms. The number of aryl methyl sites for hydroxylation is 2. The van der Waals surface area contributed by atoms with Crippen molar-refractivity contribution in [1.29, 1.82) is 0 Å². The molecule has 0 saturated heterocycles. The van der Waals surface area contributed by atoms with Gasteiger partial charge in [-0.2, -0.15) is 0 Å². The first-order valence-electron chi connectivity index (χ1n) is 9.77. The van der Waals surface area contributed by atoms with Crippen molar-refractivity contribution in [3.05, 3.63) is 53.1 Å². The lowest BCUT2D eigenvalue weighted by atomic mass is 10.1. The molecule has 9 heteroatoms. The predicted octanol–water partition coefficient (Wildman–Crippen LogP) is 3.00. The van der Waals surface area contributed by atoms with Crippen LogP contribution in [0.5, 0.6) is 5.75 Å². The van der Waals surface area contributed by atoms with Crippen molar-refractivity contribution in [2.24, 2.45) is 0 Å². The lowest BCUT2D eigenvalue weighted by molar-refractivity contribution is -0.116. The summed E-state index contributed by atoms with van der Waals surface area (Å²) in [6.07, 6.45) is 0.423. The van der Waals surface area contributed by atoms with Crippen LogP contribution in [0.15, 0.2) is 41.3 Å². The van der Waals surface area contributed by atoms with Gasteiger partial charge in [0.05, 0.1) is 24.2 Å². The zero-order valence-electron chi connectivity index (χ0n) is 18.4. The number of hydrogen-bond donors (Lipinski definition) is 1. The Hall–Kier alpha value is -2.91. The molecule has 0 aromatic heterocycles. The Morgan fingerprint density at radius 3 is 2.39 bits per heavy atom. The van der Waals surface area contributed by atoms with Crippen LogP contribution >= 0.6 is 0 Å². The van der Waals surface area contributed by atoms with E-state index in [0.717, 1.165) is 9.87 Å². The minimum atomic E-state index is -3.59. The van der Waals surface area contributed by atoms with E-state index in [1.54, 1.807) is 38.1 Å². The number of nitrogens with one attached hydrogen (secondary N) is 1. The third kappa shape index (κ3) is 6.05. The topological polar surface area (TPSA) is 102 Å². The van der Waals surface area contributed by atoms with Gasteiger partial charge in [-0.05, 0) is 67.8 Å². The number of carbonyl (C=O) groups excluding carboxylic acids is 2. The quantitative estimate of drug-likeness (QED) is 0.592. The largest absolute Gasteiger partial charge is 0.496 e. The second-order valence-electron chi connectivity index (χ2n) is 7.06. The highest BCUT2D eigenvalue weighted by Crippen LogP contribution is 2.25. The van der Waals surface area contributed by atoms with Crippen molar-refractivity contribution in [2.75, 3.05) is 33.1 Å². The number of amides is 1. The van der Waals surface area contributed by atoms with Crippen molar-refractivity contribution in [1.82, 2.24) is 4.31 Å². The summed E-state index contributed by atoms with van der Waals surface area (Å²) in [7, 11) is 0.822. The molecule has 2 rings (SSSR count). The molecule has 0 spiro atoms. The number of sulfonamides is 1. The van der Waals surface area contributed by atoms with Gasteiger partial charge in [0.15, 0.2) is 0 Å². The maximum atomic E-state index is 12.5. The molecule has 0 aliphatic rings. The van der Waals surface area contributed by atoms with Crippen molar-refractivity contribution in [3.8, 4) is 5.75 Å². The fourth-order valence-corrected chi connectivity index (χ4v) is 3.88. The van der Waals surface area contributed by atoms with Crippen molar-refractivity contribution in [3.63, 3.8) is 0 Å². The van der Waals surface area contributed by atoms with Crippen LogP contribution < -0.4 is 10.1 Å². The molecule has 168 valence electrons. The van der Waals surface area contributed by atoms with Crippen LogP contribution in [-0.4, -0.2) is 52.4 Å². The van der Waals surface area contributed by atoms with Gasteiger partial charge in [0.25, 0.3) is 0 Å². The SMILES string of the molecule is CCOC(=O)c1ccc(NC(=O)CCc2cc(S(=O)(=O)N(C)C)ccc2OC)c(C)c1. The fourth-order valence-electron chi connectivity index (χ4n) is 2.93. The molecule has 0 atom stereocenters. The number of benzene rings is 2. The number of methoxy groups -OCH3 is 1. The average molecular weight is 449 g/mol. The van der Waals surface area contributed by atoms with E-state index in [1.165, 1.54) is 33.3 Å². The van der Waals surface area contributed by atoms with E-state index < -0.39 is 16.0 Å². The molecule has 0 aliphatic heterocycles. The van der Waals surface area contributed by atoms with Gasteiger partial charge in [0.1, 0.15) is 5.75 Å². The Morgan fingerprint density at radius 1 is 1.10 bits per heavy atom. The van der Waals surface area contributed by atoms with Crippen molar-refractivity contribution < 1.29 is 27.5 Å². The first-order valence-corrected chi connectivity index (χ1v) is 11.2. The molecule has 0 unspecified atom stereocenters. The Balaban J connectivity index is 2.11. The highest BCUT2D eigenvalue weighted by atomic mass is 32.2. The molecule has 2 aromatic rings. The Labute approximate surface area is 183 Å². The molecule has 0 aliphatic carbocycles. The van der Waals surface area contributed by atoms with Crippen LogP contribution in [0.1, 0.15) is 34.8 Å². The average Bonchev–Trinajstić information content (AvgIpc) is 2.73.